The summed E-state index contributed by atoms with van der Waals surface area (Å²) in [4.78, 5) is 11.0. The van der Waals surface area contributed by atoms with Gasteiger partial charge >= 0.3 is 0 Å². The zero-order chi connectivity index (χ0) is 8.97. The summed E-state index contributed by atoms with van der Waals surface area (Å²) in [5, 5.41) is 6.06. The predicted molar refractivity (Wildman–Crippen MR) is 47.6 cm³/mol. The van der Waals surface area contributed by atoms with Gasteiger partial charge in [-0.2, -0.15) is 0 Å². The van der Waals surface area contributed by atoms with Gasteiger partial charge in [-0.3, -0.25) is 4.79 Å². The molecule has 1 aliphatic rings. The van der Waals surface area contributed by atoms with E-state index in [4.69, 9.17) is 5.73 Å². The molecule has 1 heterocycles. The first-order chi connectivity index (χ1) is 5.70. The largest absolute Gasteiger partial charge is 0.354 e. The lowest BCUT2D eigenvalue weighted by Crippen LogP contribution is -2.40. The van der Waals surface area contributed by atoms with E-state index < -0.39 is 0 Å². The molecule has 4 N–H and O–H groups in total. The molecule has 1 amide bonds. The van der Waals surface area contributed by atoms with E-state index in [9.17, 15) is 4.79 Å². The van der Waals surface area contributed by atoms with Crippen molar-refractivity contribution in [1.29, 1.82) is 0 Å². The molecule has 0 spiro atoms. The number of carbonyl (C=O) groups excluding carboxylic acids is 1. The highest BCUT2D eigenvalue weighted by atomic mass is 16.2. The minimum Gasteiger partial charge on any atom is -0.354 e. The Hall–Kier alpha value is -0.610. The first-order valence-corrected chi connectivity index (χ1v) is 4.44. The maximum atomic E-state index is 11.0. The second-order valence-electron chi connectivity index (χ2n) is 3.39. The Morgan fingerprint density at radius 2 is 2.58 bits per heavy atom. The van der Waals surface area contributed by atoms with Crippen LogP contribution in [0.2, 0.25) is 0 Å². The van der Waals surface area contributed by atoms with E-state index in [1.54, 1.807) is 6.92 Å². The number of nitrogens with two attached hydrogens (primary N) is 1. The Balaban J connectivity index is 2.12. The van der Waals surface area contributed by atoms with Gasteiger partial charge in [-0.1, -0.05) is 0 Å². The van der Waals surface area contributed by atoms with Crippen molar-refractivity contribution in [3.63, 3.8) is 0 Å². The highest BCUT2D eigenvalue weighted by Crippen LogP contribution is 2.04. The second kappa shape index (κ2) is 4.42. The maximum absolute atomic E-state index is 11.0. The monoisotopic (exact) mass is 171 g/mol. The van der Waals surface area contributed by atoms with Gasteiger partial charge in [-0.15, -0.1) is 0 Å². The summed E-state index contributed by atoms with van der Waals surface area (Å²) < 4.78 is 0. The summed E-state index contributed by atoms with van der Waals surface area (Å²) in [5.74, 6) is 0.537. The molecule has 70 valence electrons. The Morgan fingerprint density at radius 1 is 1.83 bits per heavy atom. The van der Waals surface area contributed by atoms with Crippen LogP contribution in [0.25, 0.3) is 0 Å². The summed E-state index contributed by atoms with van der Waals surface area (Å²) in [6.07, 6.45) is 1.15. The molecule has 0 bridgehead atoms. The van der Waals surface area contributed by atoms with Gasteiger partial charge < -0.3 is 16.4 Å². The predicted octanol–water partition coefficient (Wildman–Crippen LogP) is -0.941. The van der Waals surface area contributed by atoms with Crippen molar-refractivity contribution in [1.82, 2.24) is 10.6 Å². The third-order valence-electron chi connectivity index (χ3n) is 2.14. The lowest BCUT2D eigenvalue weighted by atomic mass is 10.1. The molecule has 0 aromatic heterocycles. The number of nitrogens with one attached hydrogen (secondary N) is 2. The van der Waals surface area contributed by atoms with Gasteiger partial charge in [0.2, 0.25) is 5.91 Å². The van der Waals surface area contributed by atoms with Crippen LogP contribution in [-0.4, -0.2) is 31.6 Å². The second-order valence-corrected chi connectivity index (χ2v) is 3.39. The zero-order valence-electron chi connectivity index (χ0n) is 7.47. The van der Waals surface area contributed by atoms with E-state index in [-0.39, 0.29) is 11.9 Å². The molecule has 0 radical (unpaired) electrons. The summed E-state index contributed by atoms with van der Waals surface area (Å²) >= 11 is 0. The van der Waals surface area contributed by atoms with Crippen molar-refractivity contribution in [2.24, 2.45) is 11.7 Å². The Labute approximate surface area is 72.9 Å². The third kappa shape index (κ3) is 2.79. The van der Waals surface area contributed by atoms with Crippen LogP contribution in [0.15, 0.2) is 0 Å². The normalized spacial score (nSPS) is 25.3. The van der Waals surface area contributed by atoms with Crippen LogP contribution < -0.4 is 16.4 Å². The molecule has 0 aliphatic carbocycles. The molecule has 0 saturated carbocycles. The van der Waals surface area contributed by atoms with Crippen LogP contribution in [0.4, 0.5) is 0 Å². The van der Waals surface area contributed by atoms with Crippen LogP contribution in [0.1, 0.15) is 13.3 Å². The SMILES string of the molecule is CC(N)C(=O)NCC1CCNC1. The van der Waals surface area contributed by atoms with Gasteiger partial charge in [0.05, 0.1) is 6.04 Å². The van der Waals surface area contributed by atoms with Crippen molar-refractivity contribution in [2.45, 2.75) is 19.4 Å². The quantitative estimate of drug-likeness (QED) is 0.513. The molecule has 1 fully saturated rings. The summed E-state index contributed by atoms with van der Waals surface area (Å²) in [6, 6.07) is -0.389. The maximum Gasteiger partial charge on any atom is 0.236 e. The Morgan fingerprint density at radius 3 is 3.08 bits per heavy atom. The molecule has 0 aromatic rings. The number of carbonyl (C=O) groups is 1. The van der Waals surface area contributed by atoms with Gasteiger partial charge in [0, 0.05) is 6.54 Å². The van der Waals surface area contributed by atoms with Gasteiger partial charge in [-0.05, 0) is 32.4 Å². The first kappa shape index (κ1) is 9.48. The average molecular weight is 171 g/mol. The molecular formula is C8H17N3O. The van der Waals surface area contributed by atoms with Gasteiger partial charge in [0.1, 0.15) is 0 Å². The molecule has 0 aromatic carbocycles. The van der Waals surface area contributed by atoms with Gasteiger partial charge in [-0.25, -0.2) is 0 Å². The van der Waals surface area contributed by atoms with E-state index in [0.29, 0.717) is 5.92 Å². The lowest BCUT2D eigenvalue weighted by Gasteiger charge is -2.11. The third-order valence-corrected chi connectivity index (χ3v) is 2.14. The van der Waals surface area contributed by atoms with E-state index in [1.165, 1.54) is 0 Å². The molecule has 2 unspecified atom stereocenters. The van der Waals surface area contributed by atoms with Crippen LogP contribution in [0.5, 0.6) is 0 Å². The fraction of sp³-hybridized carbons (Fsp3) is 0.875. The summed E-state index contributed by atoms with van der Waals surface area (Å²) in [6.45, 7) is 4.54. The number of amides is 1. The van der Waals surface area contributed by atoms with Gasteiger partial charge in [0.25, 0.3) is 0 Å². The minimum absolute atomic E-state index is 0.0538. The van der Waals surface area contributed by atoms with Crippen LogP contribution >= 0.6 is 0 Å². The van der Waals surface area contributed by atoms with Crippen molar-refractivity contribution in [2.75, 3.05) is 19.6 Å². The molecule has 4 heteroatoms. The van der Waals surface area contributed by atoms with Crippen molar-refractivity contribution < 1.29 is 4.79 Å². The molecule has 12 heavy (non-hydrogen) atoms. The average Bonchev–Trinajstić information content (AvgIpc) is 2.51. The Bertz CT molecular complexity index is 152. The van der Waals surface area contributed by atoms with Crippen LogP contribution in [0.3, 0.4) is 0 Å². The highest BCUT2D eigenvalue weighted by molar-refractivity contribution is 5.80. The summed E-state index contributed by atoms with van der Waals surface area (Å²) in [5.41, 5.74) is 5.39. The molecular weight excluding hydrogens is 154 g/mol. The molecule has 1 rings (SSSR count). The van der Waals surface area contributed by atoms with Crippen molar-refractivity contribution >= 4 is 5.91 Å². The van der Waals surface area contributed by atoms with E-state index in [0.717, 1.165) is 26.1 Å². The molecule has 1 aliphatic heterocycles. The Kier molecular flexibility index (Phi) is 3.49. The first-order valence-electron chi connectivity index (χ1n) is 4.44. The van der Waals surface area contributed by atoms with Gasteiger partial charge in [0.15, 0.2) is 0 Å². The number of hydrogen-bond donors (Lipinski definition) is 3. The molecule has 1 saturated heterocycles. The molecule has 2 atom stereocenters. The van der Waals surface area contributed by atoms with Crippen molar-refractivity contribution in [3.8, 4) is 0 Å². The standard InChI is InChI=1S/C8H17N3O/c1-6(9)8(12)11-5-7-2-3-10-4-7/h6-7,10H,2-5,9H2,1H3,(H,11,12). The van der Waals surface area contributed by atoms with E-state index in [2.05, 4.69) is 10.6 Å². The molecule has 4 nitrogen and oxygen atoms in total. The lowest BCUT2D eigenvalue weighted by molar-refractivity contribution is -0.122. The van der Waals surface area contributed by atoms with Crippen LogP contribution in [-0.2, 0) is 4.79 Å². The summed E-state index contributed by atoms with van der Waals surface area (Å²) in [7, 11) is 0. The van der Waals surface area contributed by atoms with Crippen LogP contribution in [0, 0.1) is 5.92 Å². The number of rotatable bonds is 3. The fourth-order valence-electron chi connectivity index (χ4n) is 1.29. The fourth-order valence-corrected chi connectivity index (χ4v) is 1.29. The van der Waals surface area contributed by atoms with Crippen molar-refractivity contribution in [3.05, 3.63) is 0 Å². The van der Waals surface area contributed by atoms with E-state index >= 15 is 0 Å². The smallest absolute Gasteiger partial charge is 0.236 e. The highest BCUT2D eigenvalue weighted by Gasteiger charge is 2.15. The zero-order valence-corrected chi connectivity index (χ0v) is 7.47. The number of hydrogen-bond acceptors (Lipinski definition) is 3. The van der Waals surface area contributed by atoms with E-state index in [1.807, 2.05) is 0 Å². The minimum atomic E-state index is -0.389. The topological polar surface area (TPSA) is 67.2 Å².